The minimum Gasteiger partial charge on any atom is -0.421 e. The van der Waals surface area contributed by atoms with Crippen molar-refractivity contribution in [2.75, 3.05) is 5.32 Å². The van der Waals surface area contributed by atoms with Crippen molar-refractivity contribution >= 4 is 37.7 Å². The molecule has 8 heteroatoms. The highest BCUT2D eigenvalue weighted by Crippen LogP contribution is 2.32. The zero-order valence-corrected chi connectivity index (χ0v) is 14.0. The molecule has 1 N–H and O–H groups in total. The van der Waals surface area contributed by atoms with Gasteiger partial charge in [-0.2, -0.15) is 0 Å². The summed E-state index contributed by atoms with van der Waals surface area (Å²) in [7, 11) is 0. The van der Waals surface area contributed by atoms with E-state index in [-0.39, 0.29) is 17.6 Å². The predicted octanol–water partition coefficient (Wildman–Crippen LogP) is 4.76. The van der Waals surface area contributed by atoms with Crippen molar-refractivity contribution in [2.45, 2.75) is 13.2 Å². The quantitative estimate of drug-likeness (QED) is 0.522. The van der Waals surface area contributed by atoms with Gasteiger partial charge in [0, 0.05) is 17.5 Å². The Morgan fingerprint density at radius 3 is 2.65 bits per heavy atom. The van der Waals surface area contributed by atoms with Crippen molar-refractivity contribution < 1.29 is 17.6 Å². The first-order valence-electron chi connectivity index (χ1n) is 7.66. The molecule has 2 aromatic carbocycles. The Balaban J connectivity index is 1.76. The van der Waals surface area contributed by atoms with Gasteiger partial charge in [0.2, 0.25) is 0 Å². The van der Waals surface area contributed by atoms with E-state index in [9.17, 15) is 18.0 Å². The monoisotopic (exact) mass is 376 g/mol. The van der Waals surface area contributed by atoms with Gasteiger partial charge >= 0.3 is 5.63 Å². The van der Waals surface area contributed by atoms with E-state index in [0.717, 1.165) is 11.3 Å². The number of hydrogen-bond acceptors (Lipinski definition) is 5. The Kier molecular flexibility index (Phi) is 4.12. The molecule has 0 saturated carbocycles. The van der Waals surface area contributed by atoms with Gasteiger partial charge < -0.3 is 9.73 Å². The molecule has 0 unspecified atom stereocenters. The van der Waals surface area contributed by atoms with Crippen LogP contribution in [0.3, 0.4) is 0 Å². The summed E-state index contributed by atoms with van der Waals surface area (Å²) < 4.78 is 46.1. The minimum atomic E-state index is -0.670. The molecule has 0 aliphatic heterocycles. The molecule has 0 amide bonds. The first-order chi connectivity index (χ1) is 12.6. The molecule has 4 nitrogen and oxygen atoms in total. The van der Waals surface area contributed by atoms with Gasteiger partial charge in [0.05, 0.1) is 4.70 Å². The van der Waals surface area contributed by atoms with Crippen LogP contribution >= 0.6 is 11.3 Å². The van der Waals surface area contributed by atoms with Crippen LogP contribution in [0.5, 0.6) is 0 Å². The number of anilines is 1. The van der Waals surface area contributed by atoms with Gasteiger partial charge in [-0.15, -0.1) is 0 Å². The SMILES string of the molecule is O=c1oc2ccc(CF)cc2c2sc(NCc3c(F)cccc3F)nc12. The van der Waals surface area contributed by atoms with E-state index in [2.05, 4.69) is 10.3 Å². The summed E-state index contributed by atoms with van der Waals surface area (Å²) in [5.74, 6) is -1.34. The van der Waals surface area contributed by atoms with Crippen molar-refractivity contribution in [3.05, 3.63) is 69.6 Å². The maximum absolute atomic E-state index is 13.7. The van der Waals surface area contributed by atoms with E-state index in [4.69, 9.17) is 4.42 Å². The zero-order chi connectivity index (χ0) is 18.3. The highest BCUT2D eigenvalue weighted by molar-refractivity contribution is 7.23. The Morgan fingerprint density at radius 1 is 1.15 bits per heavy atom. The van der Waals surface area contributed by atoms with Crippen molar-refractivity contribution in [2.24, 2.45) is 0 Å². The molecule has 0 fully saturated rings. The van der Waals surface area contributed by atoms with E-state index < -0.39 is 23.9 Å². The summed E-state index contributed by atoms with van der Waals surface area (Å²) in [6.07, 6.45) is 0. The summed E-state index contributed by atoms with van der Waals surface area (Å²) in [5.41, 5.74) is 0.124. The number of alkyl halides is 1. The average Bonchev–Trinajstić information content (AvgIpc) is 3.06. The number of fused-ring (bicyclic) bond motifs is 3. The van der Waals surface area contributed by atoms with Gasteiger partial charge in [-0.3, -0.25) is 0 Å². The van der Waals surface area contributed by atoms with Crippen molar-refractivity contribution in [3.63, 3.8) is 0 Å². The zero-order valence-electron chi connectivity index (χ0n) is 13.2. The van der Waals surface area contributed by atoms with Crippen LogP contribution in [-0.2, 0) is 13.2 Å². The lowest BCUT2D eigenvalue weighted by atomic mass is 10.1. The van der Waals surface area contributed by atoms with E-state index >= 15 is 0 Å². The number of hydrogen-bond donors (Lipinski definition) is 1. The lowest BCUT2D eigenvalue weighted by Crippen LogP contribution is -2.04. The fourth-order valence-electron chi connectivity index (χ4n) is 2.66. The number of aromatic nitrogens is 1. The summed E-state index contributed by atoms with van der Waals surface area (Å²) >= 11 is 1.14. The Morgan fingerprint density at radius 2 is 1.92 bits per heavy atom. The topological polar surface area (TPSA) is 55.1 Å². The standard InChI is InChI=1S/C18H11F3N2O2S/c19-7-9-4-5-14-10(6-9)16-15(17(24)25-14)23-18(26-16)22-8-11-12(20)2-1-3-13(11)21/h1-6H,7-8H2,(H,22,23). The van der Waals surface area contributed by atoms with Crippen LogP contribution in [0.25, 0.3) is 21.2 Å². The summed E-state index contributed by atoms with van der Waals surface area (Å²) in [6, 6.07) is 8.29. The Labute approximate surface area is 148 Å². The fourth-order valence-corrected chi connectivity index (χ4v) is 3.63. The fraction of sp³-hybridized carbons (Fsp3) is 0.111. The second kappa shape index (κ2) is 6.45. The second-order valence-electron chi connectivity index (χ2n) is 5.60. The average molecular weight is 376 g/mol. The van der Waals surface area contributed by atoms with E-state index in [0.29, 0.717) is 26.4 Å². The Bertz CT molecular complexity index is 1170. The third-order valence-corrected chi connectivity index (χ3v) is 4.99. The molecule has 0 radical (unpaired) electrons. The predicted molar refractivity (Wildman–Crippen MR) is 94.2 cm³/mol. The summed E-state index contributed by atoms with van der Waals surface area (Å²) in [5, 5.41) is 3.71. The van der Waals surface area contributed by atoms with Gasteiger partial charge in [0.15, 0.2) is 10.6 Å². The molecule has 0 atom stereocenters. The molecule has 0 saturated heterocycles. The molecule has 4 rings (SSSR count). The number of nitrogens with one attached hydrogen (secondary N) is 1. The Hall–Kier alpha value is -2.87. The van der Waals surface area contributed by atoms with Gasteiger partial charge in [0.1, 0.15) is 23.9 Å². The molecule has 0 aliphatic carbocycles. The molecule has 132 valence electrons. The van der Waals surface area contributed by atoms with Crippen LogP contribution in [0.1, 0.15) is 11.1 Å². The highest BCUT2D eigenvalue weighted by atomic mass is 32.1. The van der Waals surface area contributed by atoms with Gasteiger partial charge in [-0.25, -0.2) is 22.9 Å². The van der Waals surface area contributed by atoms with Crippen LogP contribution in [0.4, 0.5) is 18.3 Å². The number of nitrogens with zero attached hydrogens (tertiary/aromatic N) is 1. The number of thiazole rings is 1. The summed E-state index contributed by atoms with van der Waals surface area (Å²) in [4.78, 5) is 16.3. The number of benzene rings is 2. The van der Waals surface area contributed by atoms with Crippen LogP contribution in [-0.4, -0.2) is 4.98 Å². The van der Waals surface area contributed by atoms with Crippen LogP contribution in [0.15, 0.2) is 45.6 Å². The van der Waals surface area contributed by atoms with Crippen LogP contribution < -0.4 is 10.9 Å². The third-order valence-electron chi connectivity index (χ3n) is 3.94. The maximum Gasteiger partial charge on any atom is 0.363 e. The molecular formula is C18H11F3N2O2S. The molecular weight excluding hydrogens is 365 g/mol. The van der Waals surface area contributed by atoms with Gasteiger partial charge in [0.25, 0.3) is 0 Å². The lowest BCUT2D eigenvalue weighted by Gasteiger charge is -2.05. The van der Waals surface area contributed by atoms with Gasteiger partial charge in [-0.05, 0) is 29.8 Å². The normalized spacial score (nSPS) is 11.3. The lowest BCUT2D eigenvalue weighted by molar-refractivity contribution is 0.485. The van der Waals surface area contributed by atoms with Gasteiger partial charge in [-0.1, -0.05) is 23.5 Å². The first kappa shape index (κ1) is 16.6. The minimum absolute atomic E-state index is 0.0926. The van der Waals surface area contributed by atoms with Crippen LogP contribution in [0, 0.1) is 11.6 Å². The molecule has 0 aliphatic rings. The van der Waals surface area contributed by atoms with Crippen molar-refractivity contribution in [3.8, 4) is 0 Å². The number of halogens is 3. The van der Waals surface area contributed by atoms with Crippen molar-refractivity contribution in [1.82, 2.24) is 4.98 Å². The molecule has 2 aromatic heterocycles. The highest BCUT2D eigenvalue weighted by Gasteiger charge is 2.15. The number of rotatable bonds is 4. The molecule has 0 bridgehead atoms. The van der Waals surface area contributed by atoms with Crippen molar-refractivity contribution in [1.29, 1.82) is 0 Å². The second-order valence-corrected chi connectivity index (χ2v) is 6.60. The molecule has 4 aromatic rings. The van der Waals surface area contributed by atoms with Crippen LogP contribution in [0.2, 0.25) is 0 Å². The molecule has 0 spiro atoms. The largest absolute Gasteiger partial charge is 0.421 e. The molecule has 26 heavy (non-hydrogen) atoms. The van der Waals surface area contributed by atoms with E-state index in [1.165, 1.54) is 30.3 Å². The van der Waals surface area contributed by atoms with E-state index in [1.54, 1.807) is 6.07 Å². The van der Waals surface area contributed by atoms with E-state index in [1.807, 2.05) is 0 Å². The smallest absolute Gasteiger partial charge is 0.363 e. The maximum atomic E-state index is 13.7. The summed E-state index contributed by atoms with van der Waals surface area (Å²) in [6.45, 7) is -0.773. The molecule has 2 heterocycles. The first-order valence-corrected chi connectivity index (χ1v) is 8.47. The third kappa shape index (κ3) is 2.82.